The highest BCUT2D eigenvalue weighted by Gasteiger charge is 2.17. The summed E-state index contributed by atoms with van der Waals surface area (Å²) in [4.78, 5) is 7.54. The van der Waals surface area contributed by atoms with Gasteiger partial charge in [-0.1, -0.05) is 56.6 Å². The molecule has 0 aliphatic carbocycles. The summed E-state index contributed by atoms with van der Waals surface area (Å²) < 4.78 is 0. The summed E-state index contributed by atoms with van der Waals surface area (Å²) in [6, 6.07) is 13.5. The van der Waals surface area contributed by atoms with Crippen LogP contribution in [0, 0.1) is 0 Å². The third kappa shape index (κ3) is 3.10. The number of aromatic amines is 1. The molecule has 2 aromatic carbocycles. The van der Waals surface area contributed by atoms with Crippen LogP contribution >= 0.6 is 11.6 Å². The van der Waals surface area contributed by atoms with Crippen LogP contribution in [0.1, 0.15) is 31.9 Å². The Bertz CT molecular complexity index is 888. The van der Waals surface area contributed by atoms with Crippen LogP contribution < -0.4 is 0 Å². The van der Waals surface area contributed by atoms with Crippen molar-refractivity contribution in [3.05, 3.63) is 58.6 Å². The minimum Gasteiger partial charge on any atom is -0.494 e. The molecule has 0 saturated carbocycles. The maximum Gasteiger partial charge on any atom is 0.198 e. The van der Waals surface area contributed by atoms with Crippen molar-refractivity contribution in [3.8, 4) is 5.88 Å². The number of aliphatic imine (C=N–C) groups is 1. The third-order valence-electron chi connectivity index (χ3n) is 3.82. The summed E-state index contributed by atoms with van der Waals surface area (Å²) in [6.07, 6.45) is 1.70. The third-order valence-corrected chi connectivity index (χ3v) is 4.06. The summed E-state index contributed by atoms with van der Waals surface area (Å²) in [5, 5.41) is 11.7. The van der Waals surface area contributed by atoms with E-state index in [1.165, 1.54) is 5.56 Å². The van der Waals surface area contributed by atoms with Crippen LogP contribution in [-0.2, 0) is 5.41 Å². The molecular weight excluding hydrogens is 308 g/mol. The summed E-state index contributed by atoms with van der Waals surface area (Å²) >= 11 is 5.99. The summed E-state index contributed by atoms with van der Waals surface area (Å²) in [7, 11) is 0. The number of nitrogens with zero attached hydrogens (tertiary/aromatic N) is 1. The first-order valence-corrected chi connectivity index (χ1v) is 7.88. The molecule has 0 radical (unpaired) electrons. The lowest BCUT2D eigenvalue weighted by molar-refractivity contribution is 0.457. The lowest BCUT2D eigenvalue weighted by Gasteiger charge is -2.20. The Labute approximate surface area is 140 Å². The fraction of sp³-hybridized carbons (Fsp3) is 0.211. The minimum atomic E-state index is 0.00369. The van der Waals surface area contributed by atoms with Gasteiger partial charge in [-0.25, -0.2) is 0 Å². The van der Waals surface area contributed by atoms with Gasteiger partial charge in [-0.15, -0.1) is 0 Å². The second kappa shape index (κ2) is 5.74. The first kappa shape index (κ1) is 15.6. The number of nitrogens with one attached hydrogen (secondary N) is 1. The van der Waals surface area contributed by atoms with Gasteiger partial charge in [0.2, 0.25) is 0 Å². The maximum absolute atomic E-state index is 10.1. The second-order valence-corrected chi connectivity index (χ2v) is 7.04. The van der Waals surface area contributed by atoms with Crippen LogP contribution in [0.5, 0.6) is 5.88 Å². The summed E-state index contributed by atoms with van der Waals surface area (Å²) in [5.41, 5.74) is 3.53. The van der Waals surface area contributed by atoms with Crippen molar-refractivity contribution in [1.82, 2.24) is 4.98 Å². The molecule has 23 heavy (non-hydrogen) atoms. The van der Waals surface area contributed by atoms with Gasteiger partial charge in [-0.05, 0) is 29.2 Å². The fourth-order valence-electron chi connectivity index (χ4n) is 2.66. The Morgan fingerprint density at radius 2 is 1.87 bits per heavy atom. The number of hydrogen-bond donors (Lipinski definition) is 2. The topological polar surface area (TPSA) is 48.4 Å². The van der Waals surface area contributed by atoms with Gasteiger partial charge in [0.05, 0.1) is 16.8 Å². The SMILES string of the molecule is CC(C)(C)c1ccccc1N=Cc1c(O)[nH]c2cc(Cl)ccc12. The minimum absolute atomic E-state index is 0.00369. The van der Waals surface area contributed by atoms with Gasteiger partial charge in [-0.2, -0.15) is 0 Å². The van der Waals surface area contributed by atoms with Gasteiger partial charge in [-0.3, -0.25) is 4.99 Å². The zero-order valence-corrected chi connectivity index (χ0v) is 14.1. The maximum atomic E-state index is 10.1. The average molecular weight is 327 g/mol. The number of para-hydroxylation sites is 1. The fourth-order valence-corrected chi connectivity index (χ4v) is 2.83. The molecule has 3 nitrogen and oxygen atoms in total. The van der Waals surface area contributed by atoms with E-state index < -0.39 is 0 Å². The van der Waals surface area contributed by atoms with E-state index in [-0.39, 0.29) is 11.3 Å². The van der Waals surface area contributed by atoms with Gasteiger partial charge in [0.15, 0.2) is 5.88 Å². The van der Waals surface area contributed by atoms with Gasteiger partial charge < -0.3 is 10.1 Å². The number of benzene rings is 2. The highest BCUT2D eigenvalue weighted by Crippen LogP contribution is 2.32. The van der Waals surface area contributed by atoms with E-state index in [0.717, 1.165) is 16.6 Å². The van der Waals surface area contributed by atoms with E-state index in [9.17, 15) is 5.11 Å². The Balaban J connectivity index is 2.07. The number of rotatable bonds is 2. The van der Waals surface area contributed by atoms with Gasteiger partial charge in [0.25, 0.3) is 0 Å². The van der Waals surface area contributed by atoms with E-state index in [4.69, 9.17) is 11.6 Å². The second-order valence-electron chi connectivity index (χ2n) is 6.60. The largest absolute Gasteiger partial charge is 0.494 e. The first-order chi connectivity index (χ1) is 10.9. The summed E-state index contributed by atoms with van der Waals surface area (Å²) in [6.45, 7) is 6.48. The van der Waals surface area contributed by atoms with Crippen LogP contribution in [0.4, 0.5) is 5.69 Å². The molecule has 1 aromatic heterocycles. The molecule has 118 valence electrons. The number of hydrogen-bond acceptors (Lipinski definition) is 2. The highest BCUT2D eigenvalue weighted by atomic mass is 35.5. The molecule has 0 amide bonds. The molecule has 0 aliphatic heterocycles. The standard InChI is InChI=1S/C19H19ClN2O/c1-19(2,3)15-6-4-5-7-16(15)21-11-14-13-9-8-12(20)10-17(13)22-18(14)23/h4-11,22-23H,1-3H3. The van der Waals surface area contributed by atoms with Crippen LogP contribution in [-0.4, -0.2) is 16.3 Å². The number of H-pyrrole nitrogens is 1. The average Bonchev–Trinajstić information content (AvgIpc) is 2.79. The van der Waals surface area contributed by atoms with Crippen molar-refractivity contribution < 1.29 is 5.11 Å². The first-order valence-electron chi connectivity index (χ1n) is 7.50. The van der Waals surface area contributed by atoms with Crippen molar-refractivity contribution in [2.24, 2.45) is 4.99 Å². The van der Waals surface area contributed by atoms with Crippen molar-refractivity contribution in [2.45, 2.75) is 26.2 Å². The molecule has 4 heteroatoms. The predicted octanol–water partition coefficient (Wildman–Crippen LogP) is 5.58. The van der Waals surface area contributed by atoms with E-state index in [1.807, 2.05) is 24.3 Å². The quantitative estimate of drug-likeness (QED) is 0.594. The molecule has 0 spiro atoms. The Hall–Kier alpha value is -2.26. The zero-order chi connectivity index (χ0) is 16.6. The normalized spacial score (nSPS) is 12.3. The molecule has 1 heterocycles. The molecule has 0 saturated heterocycles. The molecule has 0 atom stereocenters. The number of fused-ring (bicyclic) bond motifs is 1. The van der Waals surface area contributed by atoms with Crippen LogP contribution in [0.2, 0.25) is 5.02 Å². The van der Waals surface area contributed by atoms with Gasteiger partial charge in [0.1, 0.15) is 0 Å². The van der Waals surface area contributed by atoms with E-state index in [1.54, 1.807) is 18.3 Å². The number of halogens is 1. The van der Waals surface area contributed by atoms with Crippen LogP contribution in [0.25, 0.3) is 10.9 Å². The summed E-state index contributed by atoms with van der Waals surface area (Å²) in [5.74, 6) is 0.0965. The van der Waals surface area contributed by atoms with Crippen molar-refractivity contribution in [2.75, 3.05) is 0 Å². The molecule has 0 bridgehead atoms. The monoisotopic (exact) mass is 326 g/mol. The molecule has 0 aliphatic rings. The number of aromatic hydroxyl groups is 1. The van der Waals surface area contributed by atoms with Crippen molar-refractivity contribution >= 4 is 34.4 Å². The number of aromatic nitrogens is 1. The zero-order valence-electron chi connectivity index (χ0n) is 13.4. The van der Waals surface area contributed by atoms with E-state index >= 15 is 0 Å². The Kier molecular flexibility index (Phi) is 3.90. The van der Waals surface area contributed by atoms with E-state index in [0.29, 0.717) is 10.6 Å². The smallest absolute Gasteiger partial charge is 0.198 e. The van der Waals surface area contributed by atoms with Crippen LogP contribution in [0.15, 0.2) is 47.5 Å². The molecule has 3 rings (SSSR count). The van der Waals surface area contributed by atoms with Crippen molar-refractivity contribution in [1.29, 1.82) is 0 Å². The molecular formula is C19H19ClN2O. The molecule has 0 unspecified atom stereocenters. The van der Waals surface area contributed by atoms with Crippen molar-refractivity contribution in [3.63, 3.8) is 0 Å². The molecule has 0 fully saturated rings. The molecule has 2 N–H and O–H groups in total. The lowest BCUT2D eigenvalue weighted by atomic mass is 9.86. The van der Waals surface area contributed by atoms with Gasteiger partial charge >= 0.3 is 0 Å². The van der Waals surface area contributed by atoms with E-state index in [2.05, 4.69) is 36.8 Å². The Morgan fingerprint density at radius 1 is 1.13 bits per heavy atom. The van der Waals surface area contributed by atoms with Gasteiger partial charge in [0, 0.05) is 16.6 Å². The molecule has 3 aromatic rings. The Morgan fingerprint density at radius 3 is 2.61 bits per heavy atom. The lowest BCUT2D eigenvalue weighted by Crippen LogP contribution is -2.11. The highest BCUT2D eigenvalue weighted by molar-refractivity contribution is 6.31. The predicted molar refractivity (Wildman–Crippen MR) is 97.4 cm³/mol. The van der Waals surface area contributed by atoms with Crippen LogP contribution in [0.3, 0.4) is 0 Å².